The highest BCUT2D eigenvalue weighted by Crippen LogP contribution is 2.47. The summed E-state index contributed by atoms with van der Waals surface area (Å²) >= 11 is 6.22. The number of halogens is 3. The first-order valence-corrected chi connectivity index (χ1v) is 8.92. The molecule has 8 heteroatoms. The fourth-order valence-corrected chi connectivity index (χ4v) is 4.94. The molecule has 2 aliphatic carbocycles. The summed E-state index contributed by atoms with van der Waals surface area (Å²) in [5, 5.41) is 3.89. The van der Waals surface area contributed by atoms with Crippen LogP contribution < -0.4 is 16.0 Å². The third kappa shape index (κ3) is 3.85. The van der Waals surface area contributed by atoms with Crippen molar-refractivity contribution in [3.05, 3.63) is 23.4 Å². The van der Waals surface area contributed by atoms with Crippen molar-refractivity contribution in [2.75, 3.05) is 18.0 Å². The van der Waals surface area contributed by atoms with E-state index in [0.717, 1.165) is 38.2 Å². The quantitative estimate of drug-likeness (QED) is 0.808. The standard InChI is InChI=1S/C17H23ClN4O.2ClH/c18-13-2-1-6-20-16(13)22-7-5-12(9-22)21-17(23)14-10-3-4-11(8-10)15(14)19;;/h1-2,6,10-12,14-15H,3-5,7-9,19H2,(H,21,23);2*1H. The van der Waals surface area contributed by atoms with E-state index < -0.39 is 0 Å². The van der Waals surface area contributed by atoms with Crippen molar-refractivity contribution >= 4 is 48.1 Å². The van der Waals surface area contributed by atoms with Gasteiger partial charge in [0.15, 0.2) is 0 Å². The second-order valence-electron chi connectivity index (χ2n) is 7.19. The second kappa shape index (κ2) is 8.30. The van der Waals surface area contributed by atoms with Crippen LogP contribution in [0.25, 0.3) is 0 Å². The number of nitrogens with two attached hydrogens (primary N) is 1. The van der Waals surface area contributed by atoms with Crippen molar-refractivity contribution in [2.45, 2.75) is 37.8 Å². The minimum absolute atomic E-state index is 0. The molecular formula is C17H25Cl3N4O. The molecule has 140 valence electrons. The number of hydrogen-bond donors (Lipinski definition) is 2. The maximum Gasteiger partial charge on any atom is 0.225 e. The summed E-state index contributed by atoms with van der Waals surface area (Å²) < 4.78 is 0. The first kappa shape index (κ1) is 20.6. The Morgan fingerprint density at radius 3 is 2.72 bits per heavy atom. The summed E-state index contributed by atoms with van der Waals surface area (Å²) in [7, 11) is 0. The minimum Gasteiger partial charge on any atom is -0.353 e. The Balaban J connectivity index is 0.00000113. The van der Waals surface area contributed by atoms with Gasteiger partial charge < -0.3 is 16.0 Å². The number of fused-ring (bicyclic) bond motifs is 2. The Labute approximate surface area is 165 Å². The molecule has 2 bridgehead atoms. The molecule has 1 saturated heterocycles. The largest absolute Gasteiger partial charge is 0.353 e. The maximum absolute atomic E-state index is 12.7. The molecule has 0 aromatic carbocycles. The molecule has 3 N–H and O–H groups in total. The van der Waals surface area contributed by atoms with Gasteiger partial charge in [-0.25, -0.2) is 4.98 Å². The molecule has 0 radical (unpaired) electrons. The predicted molar refractivity (Wildman–Crippen MR) is 105 cm³/mol. The molecule has 1 amide bonds. The predicted octanol–water partition coefficient (Wildman–Crippen LogP) is 2.65. The van der Waals surface area contributed by atoms with Gasteiger partial charge in [-0.3, -0.25) is 4.79 Å². The van der Waals surface area contributed by atoms with Crippen molar-refractivity contribution in [1.82, 2.24) is 10.3 Å². The third-order valence-electron chi connectivity index (χ3n) is 5.86. The van der Waals surface area contributed by atoms with Gasteiger partial charge in [-0.1, -0.05) is 11.6 Å². The average Bonchev–Trinajstić information content (AvgIpc) is 3.23. The second-order valence-corrected chi connectivity index (χ2v) is 7.59. The van der Waals surface area contributed by atoms with E-state index in [0.29, 0.717) is 16.9 Å². The van der Waals surface area contributed by atoms with Crippen LogP contribution in [-0.2, 0) is 4.79 Å². The molecule has 4 rings (SSSR count). The van der Waals surface area contributed by atoms with E-state index in [2.05, 4.69) is 15.2 Å². The Hall–Kier alpha value is -0.750. The van der Waals surface area contributed by atoms with Crippen LogP contribution in [0.5, 0.6) is 0 Å². The molecule has 25 heavy (non-hydrogen) atoms. The van der Waals surface area contributed by atoms with Gasteiger partial charge in [-0.15, -0.1) is 24.8 Å². The van der Waals surface area contributed by atoms with Crippen molar-refractivity contribution < 1.29 is 4.79 Å². The number of carbonyl (C=O) groups is 1. The summed E-state index contributed by atoms with van der Waals surface area (Å²) in [6, 6.07) is 3.89. The molecule has 3 fully saturated rings. The molecule has 3 aliphatic rings. The highest BCUT2D eigenvalue weighted by molar-refractivity contribution is 6.32. The van der Waals surface area contributed by atoms with Crippen LogP contribution in [0, 0.1) is 17.8 Å². The van der Waals surface area contributed by atoms with Gasteiger partial charge in [-0.2, -0.15) is 0 Å². The number of carbonyl (C=O) groups excluding carboxylic acids is 1. The van der Waals surface area contributed by atoms with Gasteiger partial charge in [0.05, 0.1) is 10.9 Å². The molecule has 1 aromatic rings. The number of aromatic nitrogens is 1. The van der Waals surface area contributed by atoms with E-state index in [1.165, 1.54) is 6.42 Å². The maximum atomic E-state index is 12.7. The monoisotopic (exact) mass is 406 g/mol. The molecule has 1 aromatic heterocycles. The number of anilines is 1. The fraction of sp³-hybridized carbons (Fsp3) is 0.647. The minimum atomic E-state index is 0. The topological polar surface area (TPSA) is 71.2 Å². The van der Waals surface area contributed by atoms with Crippen LogP contribution in [0.3, 0.4) is 0 Å². The zero-order chi connectivity index (χ0) is 16.0. The third-order valence-corrected chi connectivity index (χ3v) is 6.15. The zero-order valence-corrected chi connectivity index (χ0v) is 16.3. The SMILES string of the molecule is Cl.Cl.NC1C2CCC(C2)C1C(=O)NC1CCN(c2ncccc2Cl)C1. The molecule has 5 nitrogen and oxygen atoms in total. The number of nitrogens with one attached hydrogen (secondary N) is 1. The van der Waals surface area contributed by atoms with Crippen LogP contribution in [0.2, 0.25) is 5.02 Å². The first-order valence-electron chi connectivity index (χ1n) is 8.55. The highest BCUT2D eigenvalue weighted by atomic mass is 35.5. The summed E-state index contributed by atoms with van der Waals surface area (Å²) in [6.07, 6.45) is 6.18. The van der Waals surface area contributed by atoms with Gasteiger partial charge >= 0.3 is 0 Å². The van der Waals surface area contributed by atoms with E-state index in [-0.39, 0.29) is 48.7 Å². The zero-order valence-electron chi connectivity index (χ0n) is 13.9. The van der Waals surface area contributed by atoms with E-state index in [9.17, 15) is 4.79 Å². The first-order chi connectivity index (χ1) is 11.1. The molecular weight excluding hydrogens is 383 g/mol. The summed E-state index contributed by atoms with van der Waals surface area (Å²) in [4.78, 5) is 19.2. The smallest absolute Gasteiger partial charge is 0.225 e. The molecule has 5 atom stereocenters. The lowest BCUT2D eigenvalue weighted by molar-refractivity contribution is -0.127. The fourth-order valence-electron chi connectivity index (χ4n) is 4.70. The van der Waals surface area contributed by atoms with Crippen molar-refractivity contribution in [1.29, 1.82) is 0 Å². The average molecular weight is 408 g/mol. The highest BCUT2D eigenvalue weighted by Gasteiger charge is 2.49. The number of nitrogens with zero attached hydrogens (tertiary/aromatic N) is 2. The number of hydrogen-bond acceptors (Lipinski definition) is 4. The van der Waals surface area contributed by atoms with Crippen molar-refractivity contribution in [2.24, 2.45) is 23.5 Å². The van der Waals surface area contributed by atoms with Gasteiger partial charge in [-0.05, 0) is 49.7 Å². The van der Waals surface area contributed by atoms with Crippen LogP contribution in [0.15, 0.2) is 18.3 Å². The summed E-state index contributed by atoms with van der Waals surface area (Å²) in [5.74, 6) is 2.04. The van der Waals surface area contributed by atoms with Crippen LogP contribution in [0.4, 0.5) is 5.82 Å². The summed E-state index contributed by atoms with van der Waals surface area (Å²) in [5.41, 5.74) is 6.28. The van der Waals surface area contributed by atoms with Gasteiger partial charge in [0.1, 0.15) is 5.82 Å². The Morgan fingerprint density at radius 2 is 2.04 bits per heavy atom. The van der Waals surface area contributed by atoms with E-state index in [1.54, 1.807) is 6.20 Å². The lowest BCUT2D eigenvalue weighted by atomic mass is 9.84. The Kier molecular flexibility index (Phi) is 6.82. The van der Waals surface area contributed by atoms with Crippen LogP contribution in [0.1, 0.15) is 25.7 Å². The van der Waals surface area contributed by atoms with Crippen molar-refractivity contribution in [3.63, 3.8) is 0 Å². The normalized spacial score (nSPS) is 32.9. The molecule has 2 saturated carbocycles. The van der Waals surface area contributed by atoms with Crippen molar-refractivity contribution in [3.8, 4) is 0 Å². The van der Waals surface area contributed by atoms with E-state index in [1.807, 2.05) is 12.1 Å². The lowest BCUT2D eigenvalue weighted by Gasteiger charge is -2.28. The molecule has 0 spiro atoms. The van der Waals surface area contributed by atoms with E-state index >= 15 is 0 Å². The van der Waals surface area contributed by atoms with Crippen LogP contribution >= 0.6 is 36.4 Å². The number of pyridine rings is 1. The number of rotatable bonds is 3. The summed E-state index contributed by atoms with van der Waals surface area (Å²) in [6.45, 7) is 1.63. The van der Waals surface area contributed by atoms with Crippen LogP contribution in [-0.4, -0.2) is 36.1 Å². The lowest BCUT2D eigenvalue weighted by Crippen LogP contribution is -2.48. The molecule has 5 unspecified atom stereocenters. The molecule has 2 heterocycles. The Bertz CT molecular complexity index is 615. The van der Waals surface area contributed by atoms with Gasteiger partial charge in [0.2, 0.25) is 5.91 Å². The Morgan fingerprint density at radius 1 is 1.28 bits per heavy atom. The van der Waals surface area contributed by atoms with Gasteiger partial charge in [0.25, 0.3) is 0 Å². The molecule has 1 aliphatic heterocycles. The van der Waals surface area contributed by atoms with E-state index in [4.69, 9.17) is 17.3 Å². The van der Waals surface area contributed by atoms with Gasteiger partial charge in [0, 0.05) is 31.4 Å². The number of amides is 1.